The van der Waals surface area contributed by atoms with E-state index in [-0.39, 0.29) is 0 Å². The van der Waals surface area contributed by atoms with E-state index < -0.39 is 0 Å². The second-order valence-corrected chi connectivity index (χ2v) is 5.16. The first kappa shape index (κ1) is 10.9. The second-order valence-electron chi connectivity index (χ2n) is 5.16. The van der Waals surface area contributed by atoms with Crippen LogP contribution in [0.3, 0.4) is 0 Å². The summed E-state index contributed by atoms with van der Waals surface area (Å²) >= 11 is 0. The number of piperidine rings is 2. The summed E-state index contributed by atoms with van der Waals surface area (Å²) in [5.41, 5.74) is 0. The summed E-state index contributed by atoms with van der Waals surface area (Å²) < 4.78 is 0. The molecule has 0 unspecified atom stereocenters. The molecule has 2 saturated heterocycles. The number of quaternary nitrogens is 1. The lowest BCUT2D eigenvalue weighted by Gasteiger charge is -2.33. The summed E-state index contributed by atoms with van der Waals surface area (Å²) in [6.07, 6.45) is 4.71. The van der Waals surface area contributed by atoms with Gasteiger partial charge in [0.1, 0.15) is 0 Å². The molecule has 0 saturated carbocycles. The zero-order chi connectivity index (χ0) is 10.7. The lowest BCUT2D eigenvalue weighted by molar-refractivity contribution is -0.666. The summed E-state index contributed by atoms with van der Waals surface area (Å²) in [4.78, 5) is 14.3. The van der Waals surface area contributed by atoms with Crippen LogP contribution in [-0.2, 0) is 4.79 Å². The van der Waals surface area contributed by atoms with Crippen LogP contribution < -0.4 is 5.32 Å². The van der Waals surface area contributed by atoms with Crippen LogP contribution in [0.5, 0.6) is 0 Å². The van der Waals surface area contributed by atoms with Crippen molar-refractivity contribution in [3.05, 3.63) is 0 Å². The molecule has 0 aliphatic carbocycles. The first-order valence-electron chi connectivity index (χ1n) is 6.38. The molecule has 0 bridgehead atoms. The third-order valence-electron chi connectivity index (χ3n) is 3.86. The largest absolute Gasteiger partial charge is 0.346 e. The summed E-state index contributed by atoms with van der Waals surface area (Å²) in [5, 5.41) is 2.29. The van der Waals surface area contributed by atoms with Crippen LogP contribution in [-0.4, -0.2) is 37.0 Å². The van der Waals surface area contributed by atoms with Gasteiger partial charge in [0, 0.05) is 13.1 Å². The van der Waals surface area contributed by atoms with Gasteiger partial charge < -0.3 is 10.2 Å². The van der Waals surface area contributed by atoms with Crippen molar-refractivity contribution in [3.63, 3.8) is 0 Å². The Morgan fingerprint density at radius 1 is 1.27 bits per heavy atom. The standard InChI is InChI=1S/C12H22N2O/c1-10-4-7-14(8-5-10)12(15)11-3-2-6-13-9-11/h10-11,13H,2-9H2,1H3/p+1/t11-/m0/s1. The van der Waals surface area contributed by atoms with E-state index in [1.165, 1.54) is 25.8 Å². The highest BCUT2D eigenvalue weighted by Gasteiger charge is 2.29. The van der Waals surface area contributed by atoms with Crippen molar-refractivity contribution in [2.24, 2.45) is 11.8 Å². The van der Waals surface area contributed by atoms with Crippen LogP contribution in [0.25, 0.3) is 0 Å². The van der Waals surface area contributed by atoms with Gasteiger partial charge in [-0.15, -0.1) is 0 Å². The number of amides is 1. The zero-order valence-electron chi connectivity index (χ0n) is 9.74. The van der Waals surface area contributed by atoms with E-state index in [0.717, 1.165) is 32.0 Å². The van der Waals surface area contributed by atoms with Gasteiger partial charge in [-0.25, -0.2) is 0 Å². The average Bonchev–Trinajstić information content (AvgIpc) is 2.30. The molecule has 0 radical (unpaired) electrons. The SMILES string of the molecule is CC1CCN(C(=O)[C@H]2CCC[NH2+]C2)CC1. The van der Waals surface area contributed by atoms with Gasteiger partial charge in [0.05, 0.1) is 19.0 Å². The van der Waals surface area contributed by atoms with Crippen LogP contribution in [0.1, 0.15) is 32.6 Å². The molecular weight excluding hydrogens is 188 g/mol. The van der Waals surface area contributed by atoms with Crippen molar-refractivity contribution < 1.29 is 10.1 Å². The summed E-state index contributed by atoms with van der Waals surface area (Å²) in [6.45, 7) is 6.51. The molecule has 2 heterocycles. The third-order valence-corrected chi connectivity index (χ3v) is 3.86. The molecule has 3 heteroatoms. The van der Waals surface area contributed by atoms with Crippen LogP contribution in [0.15, 0.2) is 0 Å². The first-order chi connectivity index (χ1) is 7.27. The molecule has 0 aromatic heterocycles. The third kappa shape index (κ3) is 2.71. The maximum absolute atomic E-state index is 12.2. The summed E-state index contributed by atoms with van der Waals surface area (Å²) in [5.74, 6) is 1.55. The minimum absolute atomic E-state index is 0.312. The Balaban J connectivity index is 1.84. The molecule has 2 fully saturated rings. The molecule has 2 rings (SSSR count). The normalized spacial score (nSPS) is 29.1. The van der Waals surface area contributed by atoms with E-state index in [2.05, 4.69) is 17.1 Å². The van der Waals surface area contributed by atoms with Gasteiger partial charge in [-0.2, -0.15) is 0 Å². The van der Waals surface area contributed by atoms with Gasteiger partial charge in [-0.05, 0) is 31.6 Å². The number of carbonyl (C=O) groups is 1. The molecule has 3 nitrogen and oxygen atoms in total. The van der Waals surface area contributed by atoms with E-state index >= 15 is 0 Å². The van der Waals surface area contributed by atoms with Gasteiger partial charge in [0.25, 0.3) is 0 Å². The van der Waals surface area contributed by atoms with Crippen molar-refractivity contribution in [2.75, 3.05) is 26.2 Å². The predicted molar refractivity (Wildman–Crippen MR) is 59.4 cm³/mol. The molecular formula is C12H23N2O+. The van der Waals surface area contributed by atoms with E-state index in [1.54, 1.807) is 0 Å². The van der Waals surface area contributed by atoms with Crippen LogP contribution in [0.4, 0.5) is 0 Å². The Bertz CT molecular complexity index is 216. The Kier molecular flexibility index (Phi) is 3.62. The number of hydrogen-bond acceptors (Lipinski definition) is 1. The predicted octanol–water partition coefficient (Wildman–Crippen LogP) is 0.218. The first-order valence-corrected chi connectivity index (χ1v) is 6.38. The maximum atomic E-state index is 12.2. The fraction of sp³-hybridized carbons (Fsp3) is 0.917. The van der Waals surface area contributed by atoms with Gasteiger partial charge in [0.15, 0.2) is 0 Å². The van der Waals surface area contributed by atoms with Crippen LogP contribution in [0, 0.1) is 11.8 Å². The van der Waals surface area contributed by atoms with Crippen LogP contribution >= 0.6 is 0 Å². The molecule has 15 heavy (non-hydrogen) atoms. The number of likely N-dealkylation sites (tertiary alicyclic amines) is 1. The van der Waals surface area contributed by atoms with Gasteiger partial charge in [-0.1, -0.05) is 6.92 Å². The number of hydrogen-bond donors (Lipinski definition) is 1. The molecule has 2 N–H and O–H groups in total. The number of nitrogens with two attached hydrogens (primary N) is 1. The molecule has 86 valence electrons. The number of nitrogens with zero attached hydrogens (tertiary/aromatic N) is 1. The molecule has 1 amide bonds. The topological polar surface area (TPSA) is 36.9 Å². The van der Waals surface area contributed by atoms with Crippen LogP contribution in [0.2, 0.25) is 0 Å². The molecule has 1 atom stereocenters. The number of carbonyl (C=O) groups excluding carboxylic acids is 1. The van der Waals surface area contributed by atoms with Gasteiger partial charge >= 0.3 is 0 Å². The highest BCUT2D eigenvalue weighted by atomic mass is 16.2. The lowest BCUT2D eigenvalue weighted by Crippen LogP contribution is -2.87. The summed E-state index contributed by atoms with van der Waals surface area (Å²) in [6, 6.07) is 0. The number of rotatable bonds is 1. The minimum Gasteiger partial charge on any atom is -0.346 e. The van der Waals surface area contributed by atoms with Crippen molar-refractivity contribution in [2.45, 2.75) is 32.6 Å². The van der Waals surface area contributed by atoms with E-state index in [0.29, 0.717) is 11.8 Å². The smallest absolute Gasteiger partial charge is 0.231 e. The van der Waals surface area contributed by atoms with Crippen molar-refractivity contribution >= 4 is 5.91 Å². The Hall–Kier alpha value is -0.570. The van der Waals surface area contributed by atoms with Crippen molar-refractivity contribution in [1.82, 2.24) is 4.90 Å². The molecule has 0 aromatic rings. The van der Waals surface area contributed by atoms with Crippen molar-refractivity contribution in [1.29, 1.82) is 0 Å². The molecule has 2 aliphatic heterocycles. The fourth-order valence-electron chi connectivity index (χ4n) is 2.66. The van der Waals surface area contributed by atoms with E-state index in [4.69, 9.17) is 0 Å². The quantitative estimate of drug-likeness (QED) is 0.662. The zero-order valence-corrected chi connectivity index (χ0v) is 9.74. The maximum Gasteiger partial charge on any atom is 0.231 e. The molecule has 0 aromatic carbocycles. The van der Waals surface area contributed by atoms with E-state index in [9.17, 15) is 4.79 Å². The highest BCUT2D eigenvalue weighted by molar-refractivity contribution is 5.79. The Labute approximate surface area is 92.2 Å². The minimum atomic E-state index is 0.312. The second kappa shape index (κ2) is 4.97. The van der Waals surface area contributed by atoms with E-state index in [1.807, 2.05) is 0 Å². The lowest BCUT2D eigenvalue weighted by atomic mass is 9.94. The van der Waals surface area contributed by atoms with Gasteiger partial charge in [0.2, 0.25) is 5.91 Å². The Morgan fingerprint density at radius 3 is 2.60 bits per heavy atom. The Morgan fingerprint density at radius 2 is 2.00 bits per heavy atom. The van der Waals surface area contributed by atoms with Crippen molar-refractivity contribution in [3.8, 4) is 0 Å². The fourth-order valence-corrected chi connectivity index (χ4v) is 2.66. The monoisotopic (exact) mass is 211 g/mol. The molecule has 2 aliphatic rings. The highest BCUT2D eigenvalue weighted by Crippen LogP contribution is 2.19. The average molecular weight is 211 g/mol. The van der Waals surface area contributed by atoms with Gasteiger partial charge in [-0.3, -0.25) is 4.79 Å². The molecule has 0 spiro atoms. The summed E-state index contributed by atoms with van der Waals surface area (Å²) in [7, 11) is 0.